The van der Waals surface area contributed by atoms with E-state index in [-0.39, 0.29) is 5.57 Å². The molecule has 0 radical (unpaired) electrons. The van der Waals surface area contributed by atoms with Crippen molar-refractivity contribution in [2.45, 2.75) is 12.5 Å². The van der Waals surface area contributed by atoms with Gasteiger partial charge in [-0.3, -0.25) is 4.79 Å². The molecule has 5 heteroatoms. The molecule has 0 aromatic heterocycles. The van der Waals surface area contributed by atoms with Crippen molar-refractivity contribution in [1.29, 1.82) is 0 Å². The van der Waals surface area contributed by atoms with Crippen LogP contribution >= 0.6 is 0 Å². The normalized spacial score (nSPS) is 14.9. The summed E-state index contributed by atoms with van der Waals surface area (Å²) in [6, 6.07) is 0. The molecule has 5 nitrogen and oxygen atoms in total. The summed E-state index contributed by atoms with van der Waals surface area (Å²) >= 11 is 0. The highest BCUT2D eigenvalue weighted by molar-refractivity contribution is 6.13. The van der Waals surface area contributed by atoms with Gasteiger partial charge in [0.05, 0.1) is 6.61 Å². The van der Waals surface area contributed by atoms with Gasteiger partial charge in [0.1, 0.15) is 0 Å². The number of carboxylic acids is 1. The van der Waals surface area contributed by atoms with Gasteiger partial charge in [-0.25, -0.2) is 4.79 Å². The van der Waals surface area contributed by atoms with E-state index >= 15 is 0 Å². The zero-order chi connectivity index (χ0) is 9.94. The van der Waals surface area contributed by atoms with Gasteiger partial charge in [0.15, 0.2) is 0 Å². The summed E-state index contributed by atoms with van der Waals surface area (Å²) in [5.74, 6) is -2.87. The Kier molecular flexibility index (Phi) is 3.12. The van der Waals surface area contributed by atoms with Crippen LogP contribution in [0.3, 0.4) is 0 Å². The van der Waals surface area contributed by atoms with Crippen LogP contribution in [0.25, 0.3) is 0 Å². The molecule has 0 aromatic rings. The first-order valence-corrected chi connectivity index (χ1v) is 3.13. The van der Waals surface area contributed by atoms with Crippen LogP contribution in [0, 0.1) is 0 Å². The van der Waals surface area contributed by atoms with E-state index in [1.165, 1.54) is 6.92 Å². The monoisotopic (exact) mass is 174 g/mol. The maximum Gasteiger partial charge on any atom is 0.346 e. The third-order valence-electron chi connectivity index (χ3n) is 1.35. The van der Waals surface area contributed by atoms with Crippen molar-refractivity contribution in [3.05, 3.63) is 12.2 Å². The summed E-state index contributed by atoms with van der Waals surface area (Å²) < 4.78 is 0. The third kappa shape index (κ3) is 1.69. The number of carbonyl (C=O) groups is 2. The number of carboxylic acid groups (broad SMARTS) is 1. The highest BCUT2D eigenvalue weighted by atomic mass is 16.4. The Labute approximate surface area is 68.9 Å². The molecule has 0 spiro atoms. The minimum absolute atomic E-state index is 0.117. The molecule has 0 bridgehead atoms. The molecule has 0 aromatic carbocycles. The fourth-order valence-electron chi connectivity index (χ4n) is 0.590. The molecule has 68 valence electrons. The Balaban J connectivity index is 4.89. The van der Waals surface area contributed by atoms with Crippen LogP contribution in [-0.4, -0.2) is 39.3 Å². The van der Waals surface area contributed by atoms with Crippen LogP contribution in [0.2, 0.25) is 0 Å². The lowest BCUT2D eigenvalue weighted by atomic mass is 9.95. The van der Waals surface area contributed by atoms with E-state index in [4.69, 9.17) is 15.3 Å². The Hall–Kier alpha value is -1.20. The fourth-order valence-corrected chi connectivity index (χ4v) is 0.590. The van der Waals surface area contributed by atoms with Crippen molar-refractivity contribution in [3.8, 4) is 0 Å². The number of carbonyl (C=O) groups excluding carboxylic acids is 1. The summed E-state index contributed by atoms with van der Waals surface area (Å²) in [6.45, 7) is 3.26. The van der Waals surface area contributed by atoms with Gasteiger partial charge in [0.25, 0.3) is 0 Å². The molecule has 0 rings (SSSR count). The number of hydrogen-bond donors (Lipinski definition) is 3. The quantitative estimate of drug-likeness (QED) is 0.373. The van der Waals surface area contributed by atoms with E-state index in [2.05, 4.69) is 6.58 Å². The molecule has 0 aliphatic carbocycles. The molecule has 0 amide bonds. The van der Waals surface area contributed by atoms with E-state index in [0.717, 1.165) is 0 Å². The molecule has 0 aliphatic heterocycles. The lowest BCUT2D eigenvalue weighted by Gasteiger charge is -2.18. The number of aliphatic hydroxyl groups is 2. The second kappa shape index (κ2) is 3.46. The Bertz CT molecular complexity index is 232. The van der Waals surface area contributed by atoms with Gasteiger partial charge in [-0.2, -0.15) is 0 Å². The smallest absolute Gasteiger partial charge is 0.346 e. The number of Topliss-reactive ketones (excluding diaryl/α,β-unsaturated/α-hetero) is 1. The first-order chi connectivity index (χ1) is 5.36. The molecule has 12 heavy (non-hydrogen) atoms. The summed E-state index contributed by atoms with van der Waals surface area (Å²) in [5.41, 5.74) is -2.86. The van der Waals surface area contributed by atoms with Gasteiger partial charge >= 0.3 is 5.97 Å². The van der Waals surface area contributed by atoms with E-state index in [1.54, 1.807) is 0 Å². The average molecular weight is 174 g/mol. The number of aliphatic carboxylic acids is 1. The number of aliphatic hydroxyl groups excluding tert-OH is 1. The maximum absolute atomic E-state index is 10.9. The van der Waals surface area contributed by atoms with Crippen molar-refractivity contribution in [1.82, 2.24) is 0 Å². The number of ketones is 1. The zero-order valence-electron chi connectivity index (χ0n) is 6.57. The van der Waals surface area contributed by atoms with Crippen LogP contribution in [0.5, 0.6) is 0 Å². The number of rotatable bonds is 4. The van der Waals surface area contributed by atoms with Crippen molar-refractivity contribution in [2.75, 3.05) is 6.61 Å². The van der Waals surface area contributed by atoms with E-state index < -0.39 is 24.0 Å². The topological polar surface area (TPSA) is 94.8 Å². The van der Waals surface area contributed by atoms with Gasteiger partial charge in [0, 0.05) is 0 Å². The zero-order valence-corrected chi connectivity index (χ0v) is 6.57. The fraction of sp³-hybridized carbons (Fsp3) is 0.429. The second-order valence-electron chi connectivity index (χ2n) is 2.43. The highest BCUT2D eigenvalue weighted by Gasteiger charge is 2.43. The Morgan fingerprint density at radius 3 is 2.00 bits per heavy atom. The van der Waals surface area contributed by atoms with Crippen LogP contribution in [0.15, 0.2) is 12.2 Å². The van der Waals surface area contributed by atoms with Gasteiger partial charge in [0.2, 0.25) is 11.4 Å². The van der Waals surface area contributed by atoms with Crippen molar-refractivity contribution < 1.29 is 24.9 Å². The third-order valence-corrected chi connectivity index (χ3v) is 1.35. The van der Waals surface area contributed by atoms with Gasteiger partial charge < -0.3 is 15.3 Å². The molecule has 0 saturated heterocycles. The minimum Gasteiger partial charge on any atom is -0.479 e. The Morgan fingerprint density at radius 1 is 1.50 bits per heavy atom. The first-order valence-electron chi connectivity index (χ1n) is 3.13. The van der Waals surface area contributed by atoms with E-state index in [0.29, 0.717) is 0 Å². The summed E-state index contributed by atoms with van der Waals surface area (Å²) in [4.78, 5) is 21.3. The predicted octanol–water partition coefficient (Wildman–Crippen LogP) is -1.06. The summed E-state index contributed by atoms with van der Waals surface area (Å²) in [6.07, 6.45) is 0. The molecule has 0 saturated carbocycles. The van der Waals surface area contributed by atoms with Crippen molar-refractivity contribution in [3.63, 3.8) is 0 Å². The molecule has 0 aliphatic rings. The van der Waals surface area contributed by atoms with Crippen LogP contribution in [0.4, 0.5) is 0 Å². The lowest BCUT2D eigenvalue weighted by molar-refractivity contribution is -0.167. The summed E-state index contributed by atoms with van der Waals surface area (Å²) in [7, 11) is 0. The molecule has 0 heterocycles. The maximum atomic E-state index is 10.9. The summed E-state index contributed by atoms with van der Waals surface area (Å²) in [5, 5.41) is 25.9. The molecular formula is C7H10O5. The molecule has 1 atom stereocenters. The Morgan fingerprint density at radius 2 is 1.92 bits per heavy atom. The van der Waals surface area contributed by atoms with Crippen LogP contribution in [0.1, 0.15) is 6.92 Å². The first kappa shape index (κ1) is 10.8. The molecule has 0 fully saturated rings. The van der Waals surface area contributed by atoms with Crippen LogP contribution in [-0.2, 0) is 9.59 Å². The van der Waals surface area contributed by atoms with E-state index in [1.807, 2.05) is 0 Å². The van der Waals surface area contributed by atoms with Gasteiger partial charge in [-0.1, -0.05) is 6.58 Å². The van der Waals surface area contributed by atoms with Gasteiger partial charge in [-0.15, -0.1) is 0 Å². The lowest BCUT2D eigenvalue weighted by Crippen LogP contribution is -2.50. The standard InChI is InChI=1S/C7H10O5/c1-4(2)5(9)7(12,3-8)6(10)11/h8,12H,1,3H2,2H3,(H,10,11). The molecule has 1 unspecified atom stereocenters. The molecular weight excluding hydrogens is 164 g/mol. The predicted molar refractivity (Wildman–Crippen MR) is 39.5 cm³/mol. The molecule has 3 N–H and O–H groups in total. The van der Waals surface area contributed by atoms with Crippen molar-refractivity contribution in [2.24, 2.45) is 0 Å². The van der Waals surface area contributed by atoms with Gasteiger partial charge in [-0.05, 0) is 12.5 Å². The minimum atomic E-state index is -2.74. The second-order valence-corrected chi connectivity index (χ2v) is 2.43. The number of hydrogen-bond acceptors (Lipinski definition) is 4. The van der Waals surface area contributed by atoms with Crippen molar-refractivity contribution >= 4 is 11.8 Å². The largest absolute Gasteiger partial charge is 0.479 e. The van der Waals surface area contributed by atoms with Crippen LogP contribution < -0.4 is 0 Å². The van der Waals surface area contributed by atoms with E-state index in [9.17, 15) is 9.59 Å². The highest BCUT2D eigenvalue weighted by Crippen LogP contribution is 2.10. The average Bonchev–Trinajstić information content (AvgIpc) is 2.01. The SMILES string of the molecule is C=C(C)C(=O)C(O)(CO)C(=O)O.